The van der Waals surface area contributed by atoms with Crippen LogP contribution in [-0.2, 0) is 11.3 Å². The van der Waals surface area contributed by atoms with Crippen molar-refractivity contribution in [1.82, 2.24) is 4.90 Å². The van der Waals surface area contributed by atoms with E-state index in [0.717, 1.165) is 19.8 Å². The molecule has 0 amide bonds. The van der Waals surface area contributed by atoms with Crippen LogP contribution < -0.4 is 5.73 Å². The molecule has 1 unspecified atom stereocenters. The molecule has 16 heavy (non-hydrogen) atoms. The Labute approximate surface area is 97.2 Å². The van der Waals surface area contributed by atoms with E-state index in [0.29, 0.717) is 18.6 Å². The van der Waals surface area contributed by atoms with Crippen LogP contribution in [0.4, 0.5) is 0 Å². The van der Waals surface area contributed by atoms with Gasteiger partial charge in [-0.3, -0.25) is 4.90 Å². The van der Waals surface area contributed by atoms with Gasteiger partial charge >= 0.3 is 0 Å². The lowest BCUT2D eigenvalue weighted by Gasteiger charge is -2.40. The van der Waals surface area contributed by atoms with Crippen LogP contribution in [-0.4, -0.2) is 36.7 Å². The van der Waals surface area contributed by atoms with Gasteiger partial charge in [-0.25, -0.2) is 0 Å². The molecule has 0 radical (unpaired) electrons. The minimum atomic E-state index is 0.411. The first-order chi connectivity index (χ1) is 7.81. The molecule has 1 heterocycles. The van der Waals surface area contributed by atoms with Gasteiger partial charge in [-0.15, -0.1) is 0 Å². The normalized spacial score (nSPS) is 18.4. The summed E-state index contributed by atoms with van der Waals surface area (Å²) in [6, 6.07) is 11.5. The number of nitrogens with zero attached hydrogens (tertiary/aromatic N) is 1. The highest BCUT2D eigenvalue weighted by Gasteiger charge is 2.28. The third-order valence-corrected chi connectivity index (χ3v) is 3.20. The van der Waals surface area contributed by atoms with Crippen molar-refractivity contribution in [3.8, 4) is 0 Å². The largest absolute Gasteiger partial charge is 0.378 e. The first kappa shape index (κ1) is 11.6. The Hall–Kier alpha value is -0.900. The molecule has 0 saturated carbocycles. The summed E-state index contributed by atoms with van der Waals surface area (Å²) in [6.07, 6.45) is 0. The number of ether oxygens (including phenoxy) is 1. The molecule has 3 nitrogen and oxygen atoms in total. The predicted octanol–water partition coefficient (Wildman–Crippen LogP) is 1.23. The molecule has 0 bridgehead atoms. The van der Waals surface area contributed by atoms with E-state index in [1.165, 1.54) is 5.56 Å². The maximum absolute atomic E-state index is 5.76. The second kappa shape index (κ2) is 5.43. The summed E-state index contributed by atoms with van der Waals surface area (Å²) in [7, 11) is 0. The predicted molar refractivity (Wildman–Crippen MR) is 65.1 cm³/mol. The fraction of sp³-hybridized carbons (Fsp3) is 0.538. The average molecular weight is 220 g/mol. The van der Waals surface area contributed by atoms with Crippen LogP contribution in [0.3, 0.4) is 0 Å². The summed E-state index contributed by atoms with van der Waals surface area (Å²) >= 11 is 0. The molecule has 1 fully saturated rings. The Morgan fingerprint density at radius 2 is 2.06 bits per heavy atom. The van der Waals surface area contributed by atoms with E-state index in [2.05, 4.69) is 36.1 Å². The van der Waals surface area contributed by atoms with E-state index in [-0.39, 0.29) is 0 Å². The highest BCUT2D eigenvalue weighted by atomic mass is 16.5. The number of hydrogen-bond acceptors (Lipinski definition) is 3. The molecule has 0 spiro atoms. The van der Waals surface area contributed by atoms with Crippen LogP contribution >= 0.6 is 0 Å². The molecule has 0 aliphatic carbocycles. The zero-order chi connectivity index (χ0) is 11.4. The third kappa shape index (κ3) is 2.61. The first-order valence-corrected chi connectivity index (χ1v) is 5.88. The molecule has 1 atom stereocenters. The molecule has 3 heteroatoms. The minimum Gasteiger partial charge on any atom is -0.378 e. The zero-order valence-corrected chi connectivity index (χ0v) is 9.80. The molecular formula is C13H20N2O. The molecule has 1 aliphatic rings. The number of nitrogens with two attached hydrogens (primary N) is 1. The van der Waals surface area contributed by atoms with Gasteiger partial charge in [-0.1, -0.05) is 30.3 Å². The van der Waals surface area contributed by atoms with E-state index in [1.54, 1.807) is 0 Å². The van der Waals surface area contributed by atoms with Gasteiger partial charge in [0.1, 0.15) is 0 Å². The third-order valence-electron chi connectivity index (χ3n) is 3.20. The van der Waals surface area contributed by atoms with Gasteiger partial charge in [-0.2, -0.15) is 0 Å². The molecular weight excluding hydrogens is 200 g/mol. The lowest BCUT2D eigenvalue weighted by atomic mass is 10.1. The maximum Gasteiger partial charge on any atom is 0.0645 e. The molecule has 1 aromatic rings. The fourth-order valence-electron chi connectivity index (χ4n) is 1.99. The second-order valence-electron chi connectivity index (χ2n) is 4.43. The highest BCUT2D eigenvalue weighted by molar-refractivity contribution is 5.15. The molecule has 88 valence electrons. The zero-order valence-electron chi connectivity index (χ0n) is 9.80. The topological polar surface area (TPSA) is 38.5 Å². The van der Waals surface area contributed by atoms with Gasteiger partial charge in [0.15, 0.2) is 0 Å². The summed E-state index contributed by atoms with van der Waals surface area (Å²) in [5.74, 6) is 0. The number of hydrogen-bond donors (Lipinski definition) is 1. The Morgan fingerprint density at radius 3 is 2.56 bits per heavy atom. The highest BCUT2D eigenvalue weighted by Crippen LogP contribution is 2.17. The van der Waals surface area contributed by atoms with Crippen LogP contribution in [0.5, 0.6) is 0 Å². The second-order valence-corrected chi connectivity index (χ2v) is 4.43. The van der Waals surface area contributed by atoms with Crippen molar-refractivity contribution in [1.29, 1.82) is 0 Å². The van der Waals surface area contributed by atoms with Crippen molar-refractivity contribution in [2.24, 2.45) is 5.73 Å². The van der Waals surface area contributed by atoms with E-state index >= 15 is 0 Å². The Balaban J connectivity index is 2.01. The Kier molecular flexibility index (Phi) is 3.93. The number of benzene rings is 1. The summed E-state index contributed by atoms with van der Waals surface area (Å²) in [6.45, 7) is 5.53. The van der Waals surface area contributed by atoms with Gasteiger partial charge in [-0.05, 0) is 12.5 Å². The Bertz CT molecular complexity index is 306. The molecule has 0 aromatic heterocycles. The van der Waals surface area contributed by atoms with Gasteiger partial charge in [0.2, 0.25) is 0 Å². The van der Waals surface area contributed by atoms with Crippen molar-refractivity contribution in [3.05, 3.63) is 35.9 Å². The minimum absolute atomic E-state index is 0.411. The van der Waals surface area contributed by atoms with Crippen molar-refractivity contribution in [3.63, 3.8) is 0 Å². The van der Waals surface area contributed by atoms with Crippen LogP contribution in [0.1, 0.15) is 12.5 Å². The lowest BCUT2D eigenvalue weighted by Crippen LogP contribution is -2.53. The quantitative estimate of drug-likeness (QED) is 0.811. The van der Waals surface area contributed by atoms with Crippen LogP contribution in [0.25, 0.3) is 0 Å². The van der Waals surface area contributed by atoms with Gasteiger partial charge < -0.3 is 10.5 Å². The monoisotopic (exact) mass is 220 g/mol. The van der Waals surface area contributed by atoms with Crippen molar-refractivity contribution in [2.45, 2.75) is 25.6 Å². The van der Waals surface area contributed by atoms with E-state index in [9.17, 15) is 0 Å². The van der Waals surface area contributed by atoms with Crippen molar-refractivity contribution >= 4 is 0 Å². The summed E-state index contributed by atoms with van der Waals surface area (Å²) in [5.41, 5.74) is 7.10. The fourth-order valence-corrected chi connectivity index (χ4v) is 1.99. The maximum atomic E-state index is 5.76. The molecule has 1 aromatic carbocycles. The van der Waals surface area contributed by atoms with Crippen molar-refractivity contribution < 1.29 is 4.74 Å². The van der Waals surface area contributed by atoms with Crippen molar-refractivity contribution in [2.75, 3.05) is 19.8 Å². The average Bonchev–Trinajstić information content (AvgIpc) is 2.26. The van der Waals surface area contributed by atoms with Gasteiger partial charge in [0.25, 0.3) is 0 Å². The van der Waals surface area contributed by atoms with Crippen LogP contribution in [0.2, 0.25) is 0 Å². The summed E-state index contributed by atoms with van der Waals surface area (Å²) in [5, 5.41) is 0. The smallest absolute Gasteiger partial charge is 0.0645 e. The van der Waals surface area contributed by atoms with Crippen LogP contribution in [0, 0.1) is 0 Å². The Morgan fingerprint density at radius 1 is 1.38 bits per heavy atom. The van der Waals surface area contributed by atoms with E-state index in [4.69, 9.17) is 10.5 Å². The van der Waals surface area contributed by atoms with Gasteiger partial charge in [0, 0.05) is 19.1 Å². The summed E-state index contributed by atoms with van der Waals surface area (Å²) in [4.78, 5) is 2.44. The van der Waals surface area contributed by atoms with E-state index in [1.807, 2.05) is 6.07 Å². The molecule has 1 saturated heterocycles. The van der Waals surface area contributed by atoms with E-state index < -0.39 is 0 Å². The number of rotatable bonds is 5. The van der Waals surface area contributed by atoms with Gasteiger partial charge in [0.05, 0.1) is 19.3 Å². The SMILES string of the molecule is CC(CN)N(Cc1ccccc1)C1COC1. The van der Waals surface area contributed by atoms with Crippen LogP contribution in [0.15, 0.2) is 30.3 Å². The standard InChI is InChI=1S/C13H20N2O/c1-11(7-14)15(13-9-16-10-13)8-12-5-3-2-4-6-12/h2-6,11,13H,7-10,14H2,1H3. The molecule has 2 N–H and O–H groups in total. The first-order valence-electron chi connectivity index (χ1n) is 5.88. The molecule has 1 aliphatic heterocycles. The summed E-state index contributed by atoms with van der Waals surface area (Å²) < 4.78 is 5.27. The molecule has 2 rings (SSSR count). The lowest BCUT2D eigenvalue weighted by molar-refractivity contribution is -0.0795.